The van der Waals surface area contributed by atoms with Crippen LogP contribution in [0.15, 0.2) is 65.3 Å². The molecule has 6 heteroatoms. The van der Waals surface area contributed by atoms with Gasteiger partial charge < -0.3 is 14.4 Å². The average Bonchev–Trinajstić information content (AvgIpc) is 3.47. The third kappa shape index (κ3) is 2.89. The molecular formula is C21H18N4O2. The molecule has 0 radical (unpaired) electrons. The minimum atomic E-state index is 0.0387. The molecule has 1 aliphatic heterocycles. The molecule has 2 aromatic heterocycles. The SMILES string of the molecule is O=C(c1ccc2cc[nH]c2c1)N1CC[C@@H](c2nc(-c3ccccc3)no2)C1. The smallest absolute Gasteiger partial charge is 0.253 e. The van der Waals surface area contributed by atoms with Crippen molar-refractivity contribution in [3.05, 3.63) is 72.2 Å². The number of fused-ring (bicyclic) bond motifs is 1. The van der Waals surface area contributed by atoms with Gasteiger partial charge in [-0.25, -0.2) is 0 Å². The molecule has 1 fully saturated rings. The van der Waals surface area contributed by atoms with Crippen LogP contribution in [0.25, 0.3) is 22.3 Å². The highest BCUT2D eigenvalue weighted by molar-refractivity contribution is 5.98. The molecule has 5 rings (SSSR count). The Hall–Kier alpha value is -3.41. The zero-order chi connectivity index (χ0) is 18.2. The first-order chi connectivity index (χ1) is 13.3. The summed E-state index contributed by atoms with van der Waals surface area (Å²) in [5.41, 5.74) is 2.60. The van der Waals surface area contributed by atoms with Crippen molar-refractivity contribution in [3.63, 3.8) is 0 Å². The molecule has 0 bridgehead atoms. The van der Waals surface area contributed by atoms with Gasteiger partial charge in [-0.05, 0) is 30.0 Å². The number of benzene rings is 2. The van der Waals surface area contributed by atoms with Crippen molar-refractivity contribution in [1.82, 2.24) is 20.0 Å². The third-order valence-corrected chi connectivity index (χ3v) is 5.10. The number of hydrogen-bond donors (Lipinski definition) is 1. The second-order valence-corrected chi connectivity index (χ2v) is 6.84. The van der Waals surface area contributed by atoms with E-state index >= 15 is 0 Å². The molecule has 1 amide bonds. The first-order valence-electron chi connectivity index (χ1n) is 9.03. The predicted molar refractivity (Wildman–Crippen MR) is 101 cm³/mol. The Morgan fingerprint density at radius 1 is 1.15 bits per heavy atom. The summed E-state index contributed by atoms with van der Waals surface area (Å²) in [7, 11) is 0. The van der Waals surface area contributed by atoms with Gasteiger partial charge in [0.15, 0.2) is 0 Å². The molecule has 0 saturated carbocycles. The van der Waals surface area contributed by atoms with Crippen LogP contribution < -0.4 is 0 Å². The fourth-order valence-corrected chi connectivity index (χ4v) is 3.62. The Morgan fingerprint density at radius 2 is 2.04 bits per heavy atom. The van der Waals surface area contributed by atoms with Gasteiger partial charge in [-0.3, -0.25) is 4.79 Å². The lowest BCUT2D eigenvalue weighted by Gasteiger charge is -2.15. The Kier molecular flexibility index (Phi) is 3.74. The molecule has 0 aliphatic carbocycles. The lowest BCUT2D eigenvalue weighted by Crippen LogP contribution is -2.28. The van der Waals surface area contributed by atoms with Crippen molar-refractivity contribution < 1.29 is 9.32 Å². The topological polar surface area (TPSA) is 75.0 Å². The molecule has 6 nitrogen and oxygen atoms in total. The molecule has 134 valence electrons. The molecule has 4 aromatic rings. The van der Waals surface area contributed by atoms with Crippen molar-refractivity contribution in [2.24, 2.45) is 0 Å². The summed E-state index contributed by atoms with van der Waals surface area (Å²) in [6.07, 6.45) is 2.71. The molecule has 1 aliphatic rings. The second-order valence-electron chi connectivity index (χ2n) is 6.84. The van der Waals surface area contributed by atoms with Gasteiger partial charge in [0.05, 0.1) is 5.92 Å². The number of carbonyl (C=O) groups is 1. The monoisotopic (exact) mass is 358 g/mol. The van der Waals surface area contributed by atoms with Crippen LogP contribution in [-0.2, 0) is 0 Å². The van der Waals surface area contributed by atoms with E-state index in [2.05, 4.69) is 15.1 Å². The maximum atomic E-state index is 12.9. The lowest BCUT2D eigenvalue weighted by atomic mass is 10.1. The van der Waals surface area contributed by atoms with E-state index in [9.17, 15) is 4.79 Å². The van der Waals surface area contributed by atoms with E-state index in [4.69, 9.17) is 4.52 Å². The maximum Gasteiger partial charge on any atom is 0.253 e. The van der Waals surface area contributed by atoms with Gasteiger partial charge in [0.1, 0.15) is 0 Å². The van der Waals surface area contributed by atoms with Crippen LogP contribution in [0.1, 0.15) is 28.6 Å². The summed E-state index contributed by atoms with van der Waals surface area (Å²) in [5, 5.41) is 5.20. The molecule has 27 heavy (non-hydrogen) atoms. The summed E-state index contributed by atoms with van der Waals surface area (Å²) < 4.78 is 5.48. The number of carbonyl (C=O) groups excluding carboxylic acids is 1. The average molecular weight is 358 g/mol. The molecular weight excluding hydrogens is 340 g/mol. The standard InChI is InChI=1S/C21H18N4O2/c26-21(16-7-6-14-8-10-22-18(14)12-16)25-11-9-17(13-25)20-23-19(24-27-20)15-4-2-1-3-5-15/h1-8,10,12,17,22H,9,11,13H2/t17-/m1/s1. The Bertz CT molecular complexity index is 1100. The van der Waals surface area contributed by atoms with Crippen LogP contribution in [0, 0.1) is 0 Å². The zero-order valence-corrected chi connectivity index (χ0v) is 14.6. The van der Waals surface area contributed by atoms with Gasteiger partial charge in [0, 0.05) is 35.9 Å². The zero-order valence-electron chi connectivity index (χ0n) is 14.6. The number of likely N-dealkylation sites (tertiary alicyclic amines) is 1. The normalized spacial score (nSPS) is 16.9. The summed E-state index contributed by atoms with van der Waals surface area (Å²) in [5.74, 6) is 1.31. The fraction of sp³-hybridized carbons (Fsp3) is 0.190. The van der Waals surface area contributed by atoms with Crippen LogP contribution in [0.4, 0.5) is 0 Å². The van der Waals surface area contributed by atoms with Crippen LogP contribution in [0.3, 0.4) is 0 Å². The molecule has 2 aromatic carbocycles. The van der Waals surface area contributed by atoms with E-state index < -0.39 is 0 Å². The highest BCUT2D eigenvalue weighted by Crippen LogP contribution is 2.29. The van der Waals surface area contributed by atoms with Crippen molar-refractivity contribution in [2.75, 3.05) is 13.1 Å². The van der Waals surface area contributed by atoms with Crippen LogP contribution in [-0.4, -0.2) is 39.0 Å². The number of aromatic nitrogens is 3. The second kappa shape index (κ2) is 6.39. The Labute approximate surface area is 155 Å². The van der Waals surface area contributed by atoms with Gasteiger partial charge in [-0.2, -0.15) is 4.98 Å². The van der Waals surface area contributed by atoms with Crippen LogP contribution in [0.2, 0.25) is 0 Å². The quantitative estimate of drug-likeness (QED) is 0.604. The number of rotatable bonds is 3. The number of H-pyrrole nitrogens is 1. The fourth-order valence-electron chi connectivity index (χ4n) is 3.62. The summed E-state index contributed by atoms with van der Waals surface area (Å²) in [4.78, 5) is 22.4. The lowest BCUT2D eigenvalue weighted by molar-refractivity contribution is 0.0789. The van der Waals surface area contributed by atoms with E-state index in [1.807, 2.05) is 65.7 Å². The van der Waals surface area contributed by atoms with E-state index in [1.54, 1.807) is 0 Å². The number of hydrogen-bond acceptors (Lipinski definition) is 4. The Morgan fingerprint density at radius 3 is 2.93 bits per heavy atom. The van der Waals surface area contributed by atoms with Crippen molar-refractivity contribution in [2.45, 2.75) is 12.3 Å². The predicted octanol–water partition coefficient (Wildman–Crippen LogP) is 3.85. The summed E-state index contributed by atoms with van der Waals surface area (Å²) in [6.45, 7) is 1.29. The van der Waals surface area contributed by atoms with Crippen LogP contribution >= 0.6 is 0 Å². The van der Waals surface area contributed by atoms with Crippen molar-refractivity contribution >= 4 is 16.8 Å². The molecule has 0 spiro atoms. The molecule has 1 atom stereocenters. The van der Waals surface area contributed by atoms with E-state index in [1.165, 1.54) is 0 Å². The van der Waals surface area contributed by atoms with Crippen molar-refractivity contribution in [1.29, 1.82) is 0 Å². The minimum Gasteiger partial charge on any atom is -0.361 e. The number of aromatic amines is 1. The Balaban J connectivity index is 1.32. The maximum absolute atomic E-state index is 12.9. The third-order valence-electron chi connectivity index (χ3n) is 5.10. The first-order valence-corrected chi connectivity index (χ1v) is 9.03. The first kappa shape index (κ1) is 15.8. The summed E-state index contributed by atoms with van der Waals surface area (Å²) in [6, 6.07) is 17.5. The largest absolute Gasteiger partial charge is 0.361 e. The van der Waals surface area contributed by atoms with E-state index in [0.29, 0.717) is 30.4 Å². The highest BCUT2D eigenvalue weighted by Gasteiger charge is 2.31. The number of nitrogens with zero attached hydrogens (tertiary/aromatic N) is 3. The van der Waals surface area contributed by atoms with Gasteiger partial charge >= 0.3 is 0 Å². The minimum absolute atomic E-state index is 0.0387. The molecule has 1 saturated heterocycles. The summed E-state index contributed by atoms with van der Waals surface area (Å²) >= 11 is 0. The molecule has 1 N–H and O–H groups in total. The van der Waals surface area contributed by atoms with Crippen molar-refractivity contribution in [3.8, 4) is 11.4 Å². The van der Waals surface area contributed by atoms with Gasteiger partial charge in [-0.15, -0.1) is 0 Å². The van der Waals surface area contributed by atoms with Crippen LogP contribution in [0.5, 0.6) is 0 Å². The van der Waals surface area contributed by atoms with Gasteiger partial charge in [0.25, 0.3) is 5.91 Å². The van der Waals surface area contributed by atoms with E-state index in [0.717, 1.165) is 22.9 Å². The van der Waals surface area contributed by atoms with E-state index in [-0.39, 0.29) is 11.8 Å². The highest BCUT2D eigenvalue weighted by atomic mass is 16.5. The number of amides is 1. The van der Waals surface area contributed by atoms with Gasteiger partial charge in [-0.1, -0.05) is 41.6 Å². The number of nitrogens with one attached hydrogen (secondary N) is 1. The van der Waals surface area contributed by atoms with Gasteiger partial charge in [0.2, 0.25) is 11.7 Å². The molecule has 3 heterocycles. The molecule has 0 unspecified atom stereocenters.